The number of nitrogens with zero attached hydrogens (tertiary/aromatic N) is 3. The topological polar surface area (TPSA) is 124 Å². The van der Waals surface area contributed by atoms with Gasteiger partial charge in [-0.1, -0.05) is 18.2 Å². The van der Waals surface area contributed by atoms with Gasteiger partial charge in [-0.15, -0.1) is 0 Å². The lowest BCUT2D eigenvalue weighted by molar-refractivity contribution is -0.132. The number of alkyl halides is 3. The first-order valence-electron chi connectivity index (χ1n) is 14.6. The molecule has 2 aromatic carbocycles. The molecule has 2 aliphatic heterocycles. The van der Waals surface area contributed by atoms with Crippen molar-refractivity contribution in [2.75, 3.05) is 31.5 Å². The Hall–Kier alpha value is -3.62. The van der Waals surface area contributed by atoms with Gasteiger partial charge in [-0.05, 0) is 50.1 Å². The van der Waals surface area contributed by atoms with Crippen LogP contribution in [0.25, 0.3) is 10.9 Å². The number of aliphatic hydroxyl groups is 1. The van der Waals surface area contributed by atoms with Crippen molar-refractivity contribution in [1.29, 1.82) is 0 Å². The Kier molecular flexibility index (Phi) is 9.23. The van der Waals surface area contributed by atoms with Crippen LogP contribution in [-0.4, -0.2) is 84.1 Å². The first-order valence-corrected chi connectivity index (χ1v) is 16.0. The third kappa shape index (κ3) is 7.19. The molecule has 3 N–H and O–H groups in total. The molecule has 2 aliphatic rings. The lowest BCUT2D eigenvalue weighted by atomic mass is 10.1. The van der Waals surface area contributed by atoms with Crippen molar-refractivity contribution in [3.8, 4) is 0 Å². The van der Waals surface area contributed by atoms with Crippen LogP contribution in [0.15, 0.2) is 59.6 Å². The van der Waals surface area contributed by atoms with Gasteiger partial charge in [0.1, 0.15) is 12.7 Å². The first-order chi connectivity index (χ1) is 20.8. The molecular formula is C30H36F3N5O5S. The van der Waals surface area contributed by atoms with Crippen LogP contribution in [0.5, 0.6) is 0 Å². The highest BCUT2D eigenvalue weighted by Crippen LogP contribution is 2.31. The van der Waals surface area contributed by atoms with Crippen molar-refractivity contribution in [1.82, 2.24) is 19.1 Å². The third-order valence-electron chi connectivity index (χ3n) is 8.11. The molecule has 3 heterocycles. The number of anilines is 1. The molecule has 14 heteroatoms. The van der Waals surface area contributed by atoms with Gasteiger partial charge < -0.3 is 24.8 Å². The van der Waals surface area contributed by atoms with Crippen LogP contribution < -0.4 is 10.0 Å². The molecule has 0 saturated carbocycles. The molecule has 10 nitrogen and oxygen atoms in total. The minimum Gasteiger partial charge on any atom is -0.389 e. The molecule has 1 aromatic heterocycles. The number of fused-ring (bicyclic) bond motifs is 1. The van der Waals surface area contributed by atoms with E-state index in [2.05, 4.69) is 10.0 Å². The van der Waals surface area contributed by atoms with E-state index in [0.717, 1.165) is 4.90 Å². The third-order valence-corrected chi connectivity index (χ3v) is 9.58. The van der Waals surface area contributed by atoms with Crippen molar-refractivity contribution in [3.05, 3.63) is 60.3 Å². The van der Waals surface area contributed by atoms with Crippen LogP contribution >= 0.6 is 0 Å². The number of carbonyl (C=O) groups excluding carboxylic acids is 2. The number of benzene rings is 2. The second kappa shape index (κ2) is 12.8. The summed E-state index contributed by atoms with van der Waals surface area (Å²) in [6, 6.07) is 11.6. The van der Waals surface area contributed by atoms with Gasteiger partial charge in [-0.25, -0.2) is 31.1 Å². The Morgan fingerprint density at radius 3 is 2.61 bits per heavy atom. The average molecular weight is 636 g/mol. The van der Waals surface area contributed by atoms with Gasteiger partial charge >= 0.3 is 6.03 Å². The van der Waals surface area contributed by atoms with Gasteiger partial charge in [-0.2, -0.15) is 0 Å². The molecule has 2 fully saturated rings. The second-order valence-corrected chi connectivity index (χ2v) is 13.2. The molecule has 0 spiro atoms. The van der Waals surface area contributed by atoms with Gasteiger partial charge in [0.05, 0.1) is 24.1 Å². The predicted molar refractivity (Wildman–Crippen MR) is 159 cm³/mol. The molecular weight excluding hydrogens is 599 g/mol. The summed E-state index contributed by atoms with van der Waals surface area (Å²) >= 11 is 0. The number of hydrogen-bond donors (Lipinski definition) is 3. The number of aromatic nitrogens is 1. The first kappa shape index (κ1) is 31.8. The SMILES string of the molecule is CC(O)c1cn(CC(=O)N2C[C@H](F)C[C@H]2CCNS(=O)(=O)c2ccccc2)c2ccc(NC(=O)N3CCCC(F)(F)C3)cc12. The number of likely N-dealkylation sites (tertiary alicyclic amines) is 2. The van der Waals surface area contributed by atoms with E-state index < -0.39 is 46.8 Å². The van der Waals surface area contributed by atoms with Crippen LogP contribution in [0.3, 0.4) is 0 Å². The molecule has 2 saturated heterocycles. The van der Waals surface area contributed by atoms with E-state index in [1.807, 2.05) is 0 Å². The summed E-state index contributed by atoms with van der Waals surface area (Å²) in [7, 11) is -3.74. The maximum Gasteiger partial charge on any atom is 0.322 e. The number of sulfonamides is 1. The van der Waals surface area contributed by atoms with Gasteiger partial charge in [0.25, 0.3) is 5.92 Å². The fourth-order valence-electron chi connectivity index (χ4n) is 5.93. The smallest absolute Gasteiger partial charge is 0.322 e. The van der Waals surface area contributed by atoms with Gasteiger partial charge in [0.2, 0.25) is 15.9 Å². The molecule has 0 bridgehead atoms. The normalized spacial score (nSPS) is 21.0. The molecule has 0 aliphatic carbocycles. The van der Waals surface area contributed by atoms with Crippen LogP contribution in [0.4, 0.5) is 23.7 Å². The number of carbonyl (C=O) groups is 2. The number of rotatable bonds is 9. The van der Waals surface area contributed by atoms with Crippen LogP contribution in [0.1, 0.15) is 44.3 Å². The lowest BCUT2D eigenvalue weighted by Crippen LogP contribution is -2.47. The van der Waals surface area contributed by atoms with E-state index in [1.165, 1.54) is 17.0 Å². The minimum absolute atomic E-state index is 0.0284. The van der Waals surface area contributed by atoms with Crippen LogP contribution in [0.2, 0.25) is 0 Å². The van der Waals surface area contributed by atoms with E-state index in [0.29, 0.717) is 22.2 Å². The number of piperidine rings is 1. The Bertz CT molecular complexity index is 1620. The number of nitrogens with one attached hydrogen (secondary N) is 2. The lowest BCUT2D eigenvalue weighted by Gasteiger charge is -2.32. The van der Waals surface area contributed by atoms with Gasteiger partial charge in [0, 0.05) is 60.3 Å². The summed E-state index contributed by atoms with van der Waals surface area (Å²) in [5.41, 5.74) is 1.42. The van der Waals surface area contributed by atoms with E-state index in [1.54, 1.807) is 54.1 Å². The Labute approximate surface area is 253 Å². The van der Waals surface area contributed by atoms with Crippen molar-refractivity contribution >= 4 is 38.6 Å². The van der Waals surface area contributed by atoms with Crippen molar-refractivity contribution in [2.45, 2.75) is 68.3 Å². The highest BCUT2D eigenvalue weighted by atomic mass is 32.2. The van der Waals surface area contributed by atoms with Crippen molar-refractivity contribution < 1.29 is 36.3 Å². The molecule has 3 amide bonds. The fourth-order valence-corrected chi connectivity index (χ4v) is 6.99. The molecule has 1 unspecified atom stereocenters. The van der Waals surface area contributed by atoms with Gasteiger partial charge in [0.15, 0.2) is 0 Å². The summed E-state index contributed by atoms with van der Waals surface area (Å²) < 4.78 is 71.4. The molecule has 5 rings (SSSR count). The number of hydrogen-bond acceptors (Lipinski definition) is 5. The van der Waals surface area contributed by atoms with Crippen LogP contribution in [0, 0.1) is 0 Å². The second-order valence-electron chi connectivity index (χ2n) is 11.5. The summed E-state index contributed by atoms with van der Waals surface area (Å²) in [6.45, 7) is 0.884. The fraction of sp³-hybridized carbons (Fsp3) is 0.467. The number of halogens is 3. The van der Waals surface area contributed by atoms with E-state index in [-0.39, 0.29) is 62.7 Å². The largest absolute Gasteiger partial charge is 0.389 e. The molecule has 44 heavy (non-hydrogen) atoms. The Balaban J connectivity index is 1.27. The highest BCUT2D eigenvalue weighted by Gasteiger charge is 2.37. The molecule has 3 atom stereocenters. The number of aliphatic hydroxyl groups excluding tert-OH is 1. The Morgan fingerprint density at radius 2 is 1.91 bits per heavy atom. The summed E-state index contributed by atoms with van der Waals surface area (Å²) in [5, 5.41) is 13.7. The monoisotopic (exact) mass is 635 g/mol. The number of urea groups is 1. The Morgan fingerprint density at radius 1 is 1.16 bits per heavy atom. The van der Waals surface area contributed by atoms with Crippen LogP contribution in [-0.2, 0) is 21.4 Å². The van der Waals surface area contributed by atoms with Gasteiger partial charge in [-0.3, -0.25) is 4.79 Å². The summed E-state index contributed by atoms with van der Waals surface area (Å²) in [4.78, 5) is 28.7. The summed E-state index contributed by atoms with van der Waals surface area (Å²) in [5.74, 6) is -3.30. The van der Waals surface area contributed by atoms with Crippen molar-refractivity contribution in [3.63, 3.8) is 0 Å². The number of amides is 3. The molecule has 0 radical (unpaired) electrons. The zero-order valence-electron chi connectivity index (χ0n) is 24.3. The van der Waals surface area contributed by atoms with E-state index in [4.69, 9.17) is 0 Å². The zero-order valence-corrected chi connectivity index (χ0v) is 25.1. The minimum atomic E-state index is -3.74. The highest BCUT2D eigenvalue weighted by molar-refractivity contribution is 7.89. The van der Waals surface area contributed by atoms with E-state index in [9.17, 15) is 36.3 Å². The summed E-state index contributed by atoms with van der Waals surface area (Å²) in [6.07, 6.45) is -0.276. The quantitative estimate of drug-likeness (QED) is 0.324. The predicted octanol–water partition coefficient (Wildman–Crippen LogP) is 4.27. The van der Waals surface area contributed by atoms with E-state index >= 15 is 0 Å². The molecule has 3 aromatic rings. The zero-order chi connectivity index (χ0) is 31.6. The van der Waals surface area contributed by atoms with Crippen molar-refractivity contribution in [2.24, 2.45) is 0 Å². The maximum atomic E-state index is 14.5. The molecule has 238 valence electrons. The average Bonchev–Trinajstić information content (AvgIpc) is 3.52. The standard InChI is InChI=1S/C30H36F3N5O5S/c1-20(39)26-17-37(27-9-8-22(15-25(26)27)35-29(41)36-13-5-11-30(32,33)19-36)18-28(40)38-16-21(31)14-23(38)10-12-34-44(42,43)24-6-3-2-4-7-24/h2-4,6-9,15,17,20-21,23,34,39H,5,10-14,16,18-19H2,1H3,(H,35,41)/t20?,21-,23-/m1/s1. The maximum absolute atomic E-state index is 14.5.